The third kappa shape index (κ3) is 4.89. The van der Waals surface area contributed by atoms with E-state index in [1.54, 1.807) is 48.8 Å². The molecule has 0 bridgehead atoms. The Morgan fingerprint density at radius 3 is 1.70 bits per heavy atom. The highest BCUT2D eigenvalue weighted by atomic mass is 35.5. The second-order valence-corrected chi connectivity index (χ2v) is 6.03. The van der Waals surface area contributed by atoms with Gasteiger partial charge in [0.1, 0.15) is 0 Å². The maximum Gasteiger partial charge on any atom is 0.0991 e. The van der Waals surface area contributed by atoms with Crippen LogP contribution in [0.25, 0.3) is 0 Å². The van der Waals surface area contributed by atoms with Gasteiger partial charge in [0.05, 0.1) is 39.7 Å². The maximum absolute atomic E-state index is 8.81. The van der Waals surface area contributed by atoms with Gasteiger partial charge in [-0.2, -0.15) is 10.5 Å². The van der Waals surface area contributed by atoms with Gasteiger partial charge in [0.25, 0.3) is 0 Å². The molecule has 27 heavy (non-hydrogen) atoms. The fourth-order valence-corrected chi connectivity index (χ4v) is 2.48. The second kappa shape index (κ2) is 8.58. The van der Waals surface area contributed by atoms with Gasteiger partial charge in [0.15, 0.2) is 0 Å². The molecule has 0 atom stereocenters. The van der Waals surface area contributed by atoms with Crippen LogP contribution in [0, 0.1) is 22.7 Å². The minimum atomic E-state index is 0.495. The SMILES string of the molecule is N#Cc1ccc(C=Nc2ccc(N=Cc3ccc(C#N)cc3)c(Cl)c2)cc1. The largest absolute Gasteiger partial charge is 0.256 e. The zero-order valence-electron chi connectivity index (χ0n) is 14.2. The molecule has 0 aromatic heterocycles. The Morgan fingerprint density at radius 2 is 1.22 bits per heavy atom. The summed E-state index contributed by atoms with van der Waals surface area (Å²) in [6.07, 6.45) is 3.41. The third-order valence-electron chi connectivity index (χ3n) is 3.73. The van der Waals surface area contributed by atoms with Crippen molar-refractivity contribution in [3.63, 3.8) is 0 Å². The topological polar surface area (TPSA) is 72.3 Å². The number of halogens is 1. The summed E-state index contributed by atoms with van der Waals surface area (Å²) in [6, 6.07) is 23.8. The standard InChI is InChI=1S/C22H13ClN4/c23-21-11-20(26-14-18-5-1-16(12-24)2-6-18)9-10-22(21)27-15-19-7-3-17(13-25)4-8-19/h1-11,14-15H. The van der Waals surface area contributed by atoms with Crippen LogP contribution in [0.2, 0.25) is 5.02 Å². The van der Waals surface area contributed by atoms with Crippen LogP contribution in [-0.2, 0) is 0 Å². The summed E-state index contributed by atoms with van der Waals surface area (Å²) in [5, 5.41) is 18.1. The Bertz CT molecular complexity index is 1080. The van der Waals surface area contributed by atoms with Crippen LogP contribution in [-0.4, -0.2) is 12.4 Å². The lowest BCUT2D eigenvalue weighted by Gasteiger charge is -2.00. The number of hydrogen-bond donors (Lipinski definition) is 0. The van der Waals surface area contributed by atoms with Crippen LogP contribution in [0.3, 0.4) is 0 Å². The summed E-state index contributed by atoms with van der Waals surface area (Å²) in [4.78, 5) is 8.78. The van der Waals surface area contributed by atoms with Crippen molar-refractivity contribution >= 4 is 35.4 Å². The number of aliphatic imine (C=N–C) groups is 2. The van der Waals surface area contributed by atoms with E-state index in [9.17, 15) is 0 Å². The van der Waals surface area contributed by atoms with Gasteiger partial charge < -0.3 is 0 Å². The highest BCUT2D eigenvalue weighted by Gasteiger charge is 2.00. The van der Waals surface area contributed by atoms with Crippen LogP contribution >= 0.6 is 11.6 Å². The fourth-order valence-electron chi connectivity index (χ4n) is 2.26. The van der Waals surface area contributed by atoms with Gasteiger partial charge >= 0.3 is 0 Å². The van der Waals surface area contributed by atoms with E-state index < -0.39 is 0 Å². The van der Waals surface area contributed by atoms with E-state index in [1.165, 1.54) is 0 Å². The summed E-state index contributed by atoms with van der Waals surface area (Å²) in [7, 11) is 0. The molecular formula is C22H13ClN4. The van der Waals surface area contributed by atoms with Crippen molar-refractivity contribution in [2.45, 2.75) is 0 Å². The van der Waals surface area contributed by atoms with Crippen molar-refractivity contribution in [3.8, 4) is 12.1 Å². The van der Waals surface area contributed by atoms with Gasteiger partial charge in [-0.1, -0.05) is 35.9 Å². The summed E-state index contributed by atoms with van der Waals surface area (Å²) < 4.78 is 0. The third-order valence-corrected chi connectivity index (χ3v) is 4.03. The van der Waals surface area contributed by atoms with Crippen LogP contribution in [0.4, 0.5) is 11.4 Å². The predicted molar refractivity (Wildman–Crippen MR) is 108 cm³/mol. The van der Waals surface area contributed by atoms with Crippen molar-refractivity contribution < 1.29 is 0 Å². The van der Waals surface area contributed by atoms with Gasteiger partial charge in [-0.25, -0.2) is 0 Å². The van der Waals surface area contributed by atoms with E-state index in [2.05, 4.69) is 22.1 Å². The normalized spacial score (nSPS) is 10.8. The van der Waals surface area contributed by atoms with Crippen LogP contribution in [0.15, 0.2) is 76.7 Å². The zero-order valence-corrected chi connectivity index (χ0v) is 14.9. The van der Waals surface area contributed by atoms with Crippen LogP contribution < -0.4 is 0 Å². The van der Waals surface area contributed by atoms with Crippen LogP contribution in [0.1, 0.15) is 22.3 Å². The summed E-state index contributed by atoms with van der Waals surface area (Å²) >= 11 is 6.30. The van der Waals surface area contributed by atoms with Gasteiger partial charge in [-0.15, -0.1) is 0 Å². The van der Waals surface area contributed by atoms with Crippen molar-refractivity contribution in [3.05, 3.63) is 94.0 Å². The highest BCUT2D eigenvalue weighted by Crippen LogP contribution is 2.29. The monoisotopic (exact) mass is 368 g/mol. The number of hydrogen-bond acceptors (Lipinski definition) is 4. The summed E-state index contributed by atoms with van der Waals surface area (Å²) in [6.45, 7) is 0. The number of nitriles is 2. The average molecular weight is 369 g/mol. The molecule has 0 aliphatic rings. The number of benzene rings is 3. The van der Waals surface area contributed by atoms with Crippen LogP contribution in [0.5, 0.6) is 0 Å². The molecule has 4 nitrogen and oxygen atoms in total. The first-order chi connectivity index (χ1) is 13.2. The molecule has 0 radical (unpaired) electrons. The average Bonchev–Trinajstić information content (AvgIpc) is 2.72. The Labute approximate surface area is 162 Å². The first-order valence-corrected chi connectivity index (χ1v) is 8.44. The smallest absolute Gasteiger partial charge is 0.0991 e. The molecule has 0 saturated heterocycles. The molecule has 0 aliphatic carbocycles. The van der Waals surface area contributed by atoms with E-state index in [0.29, 0.717) is 27.5 Å². The molecule has 3 aromatic rings. The molecule has 0 heterocycles. The van der Waals surface area contributed by atoms with Gasteiger partial charge in [0.2, 0.25) is 0 Å². The molecular weight excluding hydrogens is 356 g/mol. The minimum Gasteiger partial charge on any atom is -0.256 e. The van der Waals surface area contributed by atoms with E-state index in [4.69, 9.17) is 22.1 Å². The van der Waals surface area contributed by atoms with Crippen molar-refractivity contribution in [2.24, 2.45) is 9.98 Å². The first kappa shape index (κ1) is 18.1. The lowest BCUT2D eigenvalue weighted by molar-refractivity contribution is 1.46. The summed E-state index contributed by atoms with van der Waals surface area (Å²) in [5.74, 6) is 0. The zero-order chi connectivity index (χ0) is 19.1. The quantitative estimate of drug-likeness (QED) is 0.563. The second-order valence-electron chi connectivity index (χ2n) is 5.62. The Balaban J connectivity index is 1.72. The highest BCUT2D eigenvalue weighted by molar-refractivity contribution is 6.33. The van der Waals surface area contributed by atoms with E-state index in [-0.39, 0.29) is 0 Å². The molecule has 0 aliphatic heterocycles. The molecule has 0 N–H and O–H groups in total. The van der Waals surface area contributed by atoms with E-state index in [1.807, 2.05) is 30.3 Å². The summed E-state index contributed by atoms with van der Waals surface area (Å²) in [5.41, 5.74) is 4.34. The van der Waals surface area contributed by atoms with Crippen molar-refractivity contribution in [2.75, 3.05) is 0 Å². The Kier molecular flexibility index (Phi) is 5.74. The van der Waals surface area contributed by atoms with Gasteiger partial charge in [-0.3, -0.25) is 9.98 Å². The Morgan fingerprint density at radius 1 is 0.704 bits per heavy atom. The minimum absolute atomic E-state index is 0.495. The first-order valence-electron chi connectivity index (χ1n) is 8.06. The number of rotatable bonds is 4. The molecule has 0 fully saturated rings. The van der Waals surface area contributed by atoms with Gasteiger partial charge in [0, 0.05) is 12.4 Å². The number of nitrogens with zero attached hydrogens (tertiary/aromatic N) is 4. The lowest BCUT2D eigenvalue weighted by Crippen LogP contribution is -1.82. The molecule has 0 saturated carbocycles. The molecule has 0 spiro atoms. The van der Waals surface area contributed by atoms with Gasteiger partial charge in [-0.05, 0) is 53.6 Å². The van der Waals surface area contributed by atoms with E-state index in [0.717, 1.165) is 11.1 Å². The molecule has 128 valence electrons. The Hall–Kier alpha value is -3.73. The van der Waals surface area contributed by atoms with Crippen molar-refractivity contribution in [1.29, 1.82) is 10.5 Å². The maximum atomic E-state index is 8.81. The lowest BCUT2D eigenvalue weighted by atomic mass is 10.1. The predicted octanol–water partition coefficient (Wildman–Crippen LogP) is 5.58. The van der Waals surface area contributed by atoms with E-state index >= 15 is 0 Å². The fraction of sp³-hybridized carbons (Fsp3) is 0. The molecule has 3 rings (SSSR count). The molecule has 0 amide bonds. The van der Waals surface area contributed by atoms with Crippen molar-refractivity contribution in [1.82, 2.24) is 0 Å². The molecule has 3 aromatic carbocycles. The molecule has 0 unspecified atom stereocenters. The molecule has 5 heteroatoms.